The molecule has 0 saturated carbocycles. The van der Waals surface area contributed by atoms with Crippen molar-refractivity contribution in [2.24, 2.45) is 0 Å². The van der Waals surface area contributed by atoms with E-state index in [0.717, 1.165) is 41.1 Å². The second-order valence-corrected chi connectivity index (χ2v) is 10.7. The lowest BCUT2D eigenvalue weighted by molar-refractivity contribution is -0.143. The minimum absolute atomic E-state index is 0.00251. The first kappa shape index (κ1) is 27.6. The first-order valence-electron chi connectivity index (χ1n) is 10.3. The topological polar surface area (TPSA) is 57.5 Å². The molecule has 184 valence electrons. The van der Waals surface area contributed by atoms with Crippen molar-refractivity contribution in [3.63, 3.8) is 0 Å². The van der Waals surface area contributed by atoms with Crippen molar-refractivity contribution in [1.82, 2.24) is 0 Å². The number of thiophene rings is 1. The molecule has 11 heteroatoms. The third-order valence-corrected chi connectivity index (χ3v) is 6.83. The molecule has 3 nitrogen and oxygen atoms in total. The summed E-state index contributed by atoms with van der Waals surface area (Å²) in [5.41, 5.74) is -2.59. The molecule has 0 radical (unpaired) electrons. The van der Waals surface area contributed by atoms with E-state index < -0.39 is 31.1 Å². The van der Waals surface area contributed by atoms with Gasteiger partial charge in [0.25, 0.3) is 0 Å². The molecule has 0 bridgehead atoms. The summed E-state index contributed by atoms with van der Waals surface area (Å²) in [6, 6.07) is 5.56. The van der Waals surface area contributed by atoms with Gasteiger partial charge in [-0.2, -0.15) is 26.3 Å². The van der Waals surface area contributed by atoms with Crippen LogP contribution in [0.1, 0.15) is 58.5 Å². The number of hydrogen-bond donors (Lipinski definition) is 2. The van der Waals surface area contributed by atoms with Crippen molar-refractivity contribution in [1.29, 1.82) is 0 Å². The summed E-state index contributed by atoms with van der Waals surface area (Å²) in [7, 11) is -3.94. The van der Waals surface area contributed by atoms with Gasteiger partial charge in [0, 0.05) is 15.9 Å². The molecule has 1 aromatic heterocycles. The van der Waals surface area contributed by atoms with E-state index in [0.29, 0.717) is 19.3 Å². The van der Waals surface area contributed by atoms with Gasteiger partial charge in [-0.3, -0.25) is 4.57 Å². The van der Waals surface area contributed by atoms with E-state index in [1.54, 1.807) is 11.3 Å². The summed E-state index contributed by atoms with van der Waals surface area (Å²) in [4.78, 5) is 19.8. The Kier molecular flexibility index (Phi) is 9.79. The molecule has 0 aliphatic carbocycles. The molecule has 2 aromatic rings. The highest BCUT2D eigenvalue weighted by molar-refractivity contribution is 7.51. The summed E-state index contributed by atoms with van der Waals surface area (Å²) >= 11 is 1.57. The molecule has 2 N–H and O–H groups in total. The fourth-order valence-electron chi connectivity index (χ4n) is 3.20. The molecule has 1 heterocycles. The smallest absolute Gasteiger partial charge is 0.324 e. The summed E-state index contributed by atoms with van der Waals surface area (Å²) < 4.78 is 88.3. The predicted octanol–water partition coefficient (Wildman–Crippen LogP) is 7.71. The molecule has 0 spiro atoms. The zero-order valence-electron chi connectivity index (χ0n) is 17.6. The van der Waals surface area contributed by atoms with Crippen LogP contribution >= 0.6 is 18.9 Å². The van der Waals surface area contributed by atoms with E-state index in [2.05, 4.69) is 0 Å². The fraction of sp³-hybridized carbons (Fsp3) is 0.455. The number of rotatable bonds is 11. The fourth-order valence-corrected chi connectivity index (χ4v) is 4.82. The highest BCUT2D eigenvalue weighted by Crippen LogP contribution is 2.37. The lowest BCUT2D eigenvalue weighted by Gasteiger charge is -2.14. The van der Waals surface area contributed by atoms with Gasteiger partial charge in [-0.25, -0.2) is 0 Å². The number of alkyl halides is 6. The maximum Gasteiger partial charge on any atom is 0.416 e. The van der Waals surface area contributed by atoms with Crippen molar-refractivity contribution >= 4 is 25.0 Å². The van der Waals surface area contributed by atoms with Crippen molar-refractivity contribution in [3.8, 4) is 0 Å². The minimum Gasteiger partial charge on any atom is -0.324 e. The van der Waals surface area contributed by atoms with Crippen LogP contribution in [0.5, 0.6) is 0 Å². The Morgan fingerprint density at radius 2 is 1.48 bits per heavy atom. The Balaban J connectivity index is 1.82. The molecule has 0 atom stereocenters. The molecule has 0 unspecified atom stereocenters. The Morgan fingerprint density at radius 1 is 0.848 bits per heavy atom. The number of allylic oxidation sites excluding steroid dienone is 1. The Labute approximate surface area is 192 Å². The Hall–Kier alpha value is -1.61. The van der Waals surface area contributed by atoms with Gasteiger partial charge in [-0.1, -0.05) is 12.5 Å². The molecule has 0 fully saturated rings. The van der Waals surface area contributed by atoms with Gasteiger partial charge in [0.05, 0.1) is 11.1 Å². The number of benzene rings is 1. The monoisotopic (exact) mass is 514 g/mol. The standard InChI is InChI=1S/C22H25F6O3PS/c23-21(24,25)17-13-16(14-18(15-17)22(26,27)28)7-3-1-4-8-19-10-11-20(33-19)9-5-2-6-12-32(29,30)31/h4,8,10-11,13-15H,1-3,5-7,9,12H2,(H2,29,30,31). The van der Waals surface area contributed by atoms with Crippen molar-refractivity contribution in [2.45, 2.75) is 57.3 Å². The Bertz CT molecular complexity index is 943. The van der Waals surface area contributed by atoms with E-state index in [4.69, 9.17) is 9.79 Å². The van der Waals surface area contributed by atoms with Crippen LogP contribution < -0.4 is 0 Å². The Morgan fingerprint density at radius 3 is 2.06 bits per heavy atom. The third-order valence-electron chi connectivity index (χ3n) is 4.82. The van der Waals surface area contributed by atoms with Gasteiger partial charge in [-0.05, 0) is 80.5 Å². The van der Waals surface area contributed by atoms with Crippen LogP contribution in [0.4, 0.5) is 26.3 Å². The molecule has 0 aliphatic rings. The third kappa shape index (κ3) is 10.5. The lowest BCUT2D eigenvalue weighted by Crippen LogP contribution is -2.11. The molecular weight excluding hydrogens is 489 g/mol. The molecule has 0 amide bonds. The minimum atomic E-state index is -4.84. The second kappa shape index (κ2) is 11.7. The normalized spacial score (nSPS) is 13.2. The molecule has 0 aliphatic heterocycles. The zero-order chi connectivity index (χ0) is 24.7. The van der Waals surface area contributed by atoms with Crippen LogP contribution in [-0.2, 0) is 29.8 Å². The highest BCUT2D eigenvalue weighted by atomic mass is 32.1. The van der Waals surface area contributed by atoms with Crippen LogP contribution in [0.15, 0.2) is 36.4 Å². The summed E-state index contributed by atoms with van der Waals surface area (Å²) in [6.45, 7) is 0. The van der Waals surface area contributed by atoms with Crippen LogP contribution in [0.3, 0.4) is 0 Å². The van der Waals surface area contributed by atoms with Crippen molar-refractivity contribution in [2.75, 3.05) is 6.16 Å². The second-order valence-electron chi connectivity index (χ2n) is 7.71. The van der Waals surface area contributed by atoms with Gasteiger partial charge < -0.3 is 9.79 Å². The van der Waals surface area contributed by atoms with Crippen LogP contribution in [0, 0.1) is 0 Å². The first-order chi connectivity index (χ1) is 15.2. The number of aryl methyl sites for hydroxylation is 2. The molecule has 2 rings (SSSR count). The first-order valence-corrected chi connectivity index (χ1v) is 12.9. The van der Waals surface area contributed by atoms with E-state index >= 15 is 0 Å². The quantitative estimate of drug-likeness (QED) is 0.183. The largest absolute Gasteiger partial charge is 0.416 e. The lowest BCUT2D eigenvalue weighted by atomic mass is 10.0. The van der Waals surface area contributed by atoms with Gasteiger partial charge in [-0.15, -0.1) is 11.3 Å². The average molecular weight is 514 g/mol. The molecular formula is C22H25F6O3PS. The van der Waals surface area contributed by atoms with Gasteiger partial charge >= 0.3 is 19.9 Å². The summed E-state index contributed by atoms with van der Waals surface area (Å²) in [6.07, 6.45) is -2.25. The summed E-state index contributed by atoms with van der Waals surface area (Å²) in [5.74, 6) is 0. The van der Waals surface area contributed by atoms with Gasteiger partial charge in [0.15, 0.2) is 0 Å². The zero-order valence-corrected chi connectivity index (χ0v) is 19.3. The highest BCUT2D eigenvalue weighted by Gasteiger charge is 2.36. The average Bonchev–Trinajstić information content (AvgIpc) is 3.12. The number of halogens is 6. The summed E-state index contributed by atoms with van der Waals surface area (Å²) in [5, 5.41) is 0. The van der Waals surface area contributed by atoms with Crippen molar-refractivity contribution in [3.05, 3.63) is 62.9 Å². The van der Waals surface area contributed by atoms with E-state index in [1.807, 2.05) is 24.3 Å². The van der Waals surface area contributed by atoms with Gasteiger partial charge in [0.1, 0.15) is 0 Å². The predicted molar refractivity (Wildman–Crippen MR) is 117 cm³/mol. The van der Waals surface area contributed by atoms with E-state index in [1.165, 1.54) is 0 Å². The van der Waals surface area contributed by atoms with Crippen LogP contribution in [0.25, 0.3) is 6.08 Å². The number of hydrogen-bond acceptors (Lipinski definition) is 2. The van der Waals surface area contributed by atoms with Crippen LogP contribution in [0.2, 0.25) is 0 Å². The van der Waals surface area contributed by atoms with Crippen molar-refractivity contribution < 1.29 is 40.7 Å². The van der Waals surface area contributed by atoms with Crippen LogP contribution in [-0.4, -0.2) is 15.9 Å². The SMILES string of the molecule is O=P(O)(O)CCCCCc1ccc(C=CCCCc2cc(C(F)(F)F)cc(C(F)(F)F)c2)s1. The maximum atomic E-state index is 12.9. The molecule has 1 aromatic carbocycles. The molecule has 33 heavy (non-hydrogen) atoms. The molecule has 0 saturated heterocycles. The number of unbranched alkanes of at least 4 members (excludes halogenated alkanes) is 3. The van der Waals surface area contributed by atoms with Gasteiger partial charge in [0.2, 0.25) is 0 Å². The van der Waals surface area contributed by atoms with E-state index in [9.17, 15) is 30.9 Å². The maximum absolute atomic E-state index is 12.9. The van der Waals surface area contributed by atoms with E-state index in [-0.39, 0.29) is 24.2 Å².